The van der Waals surface area contributed by atoms with Gasteiger partial charge in [0.2, 0.25) is 41.4 Å². The molecule has 352 valence electrons. The molecular weight excluding hydrogens is 850 g/mol. The topological polar surface area (TPSA) is 177 Å². The van der Waals surface area contributed by atoms with Gasteiger partial charge in [-0.2, -0.15) is 13.2 Å². The van der Waals surface area contributed by atoms with Crippen LogP contribution < -0.4 is 21.3 Å². The van der Waals surface area contributed by atoms with E-state index in [-0.39, 0.29) is 50.6 Å². The molecule has 0 spiro atoms. The molecule has 1 saturated carbocycles. The minimum atomic E-state index is -4.88. The van der Waals surface area contributed by atoms with Crippen molar-refractivity contribution in [3.8, 4) is 0 Å². The number of nitrogens with one attached hydrogen (secondary N) is 4. The third-order valence-electron chi connectivity index (χ3n) is 12.1. The predicted octanol–water partition coefficient (Wildman–Crippen LogP) is 4.61. The van der Waals surface area contributed by atoms with Gasteiger partial charge in [0.15, 0.2) is 0 Å². The second-order valence-electron chi connectivity index (χ2n) is 17.6. The normalized spacial score (nSPS) is 25.7. The van der Waals surface area contributed by atoms with Crippen molar-refractivity contribution in [2.75, 3.05) is 26.7 Å². The Hall–Kier alpha value is -4.48. The number of likely N-dealkylation sites (N-methyl/N-ethyl adjacent to an activating group) is 2. The second-order valence-corrected chi connectivity index (χ2v) is 18.0. The summed E-state index contributed by atoms with van der Waals surface area (Å²) in [5, 5.41) is 11.4. The molecule has 0 aromatic heterocycles. The standard InChI is InChI=1S/C44H64ClF4N7O7/c1-7-13-30(51-39(60)35-24-29(46)25-56(35)42(63)43(18-19-43)44(47,48)49)36(57)50-31-17-10-11-20-54(6)40(61)32(14-8-2)52-38(59)34(23-27-15-12-16-28(45)22-27)55(9-3)41(62)33(21-26(4)5)53-37(31)58/h12,15-16,22,26,29-35H,7-11,13-14,17-21,23-25H2,1-6H3,(H,50,57)(H,51,60)(H,52,59)(H,53,58)/t29-,30+,31+,32-,33+,34+,35+/m1/s1. The molecule has 3 fully saturated rings. The van der Waals surface area contributed by atoms with Crippen LogP contribution in [0.5, 0.6) is 0 Å². The summed E-state index contributed by atoms with van der Waals surface area (Å²) in [7, 11) is 1.60. The summed E-state index contributed by atoms with van der Waals surface area (Å²) in [6.07, 6.45) is -5.88. The number of hydrogen-bond acceptors (Lipinski definition) is 7. The first-order valence-electron chi connectivity index (χ1n) is 22.2. The number of alkyl halides is 4. The van der Waals surface area contributed by atoms with Gasteiger partial charge in [-0.3, -0.25) is 33.6 Å². The van der Waals surface area contributed by atoms with Gasteiger partial charge in [0, 0.05) is 38.0 Å². The van der Waals surface area contributed by atoms with E-state index in [1.54, 1.807) is 45.2 Å². The number of benzene rings is 1. The molecule has 1 aromatic carbocycles. The molecule has 7 atom stereocenters. The highest BCUT2D eigenvalue weighted by Gasteiger charge is 2.70. The van der Waals surface area contributed by atoms with E-state index in [4.69, 9.17) is 11.6 Å². The SMILES string of the molecule is CCC[C@H](NC(=O)[C@@H]1C[C@@H](F)CN1C(=O)C1(C(F)(F)F)CC1)C(=O)N[C@H]1CCCCN(C)C(=O)[C@@H](CCC)NC(=O)[C@H](Cc2cccc(Cl)c2)N(CC)C(=O)[C@H](CC(C)C)NC1=O. The monoisotopic (exact) mass is 913 g/mol. The lowest BCUT2D eigenvalue weighted by Crippen LogP contribution is -2.61. The summed E-state index contributed by atoms with van der Waals surface area (Å²) >= 11 is 6.30. The minimum Gasteiger partial charge on any atom is -0.344 e. The highest BCUT2D eigenvalue weighted by Crippen LogP contribution is 2.59. The van der Waals surface area contributed by atoms with E-state index in [2.05, 4.69) is 21.3 Å². The fourth-order valence-corrected chi connectivity index (χ4v) is 8.67. The van der Waals surface area contributed by atoms with Gasteiger partial charge in [-0.15, -0.1) is 0 Å². The smallest absolute Gasteiger partial charge is 0.344 e. The maximum absolute atomic E-state index is 14.7. The largest absolute Gasteiger partial charge is 0.403 e. The molecule has 19 heteroatoms. The molecular formula is C44H64ClF4N7O7. The van der Waals surface area contributed by atoms with Crippen molar-refractivity contribution < 1.29 is 51.1 Å². The van der Waals surface area contributed by atoms with Crippen molar-refractivity contribution in [2.24, 2.45) is 11.3 Å². The number of nitrogens with zero attached hydrogens (tertiary/aromatic N) is 3. The van der Waals surface area contributed by atoms with Gasteiger partial charge in [-0.1, -0.05) is 64.3 Å². The van der Waals surface area contributed by atoms with Crippen LogP contribution in [0.4, 0.5) is 17.6 Å². The summed E-state index contributed by atoms with van der Waals surface area (Å²) in [6, 6.07) is -0.478. The Balaban J connectivity index is 1.64. The molecule has 14 nitrogen and oxygen atoms in total. The van der Waals surface area contributed by atoms with E-state index >= 15 is 0 Å². The van der Waals surface area contributed by atoms with E-state index in [0.717, 1.165) is 0 Å². The molecule has 1 aliphatic carbocycles. The van der Waals surface area contributed by atoms with Gasteiger partial charge in [0.1, 0.15) is 47.8 Å². The number of likely N-dealkylation sites (tertiary alicyclic amines) is 1. The van der Waals surface area contributed by atoms with E-state index < -0.39 is 115 Å². The van der Waals surface area contributed by atoms with Crippen LogP contribution in [0, 0.1) is 11.3 Å². The van der Waals surface area contributed by atoms with Crippen LogP contribution in [0.1, 0.15) is 111 Å². The Bertz CT molecular complexity index is 1820. The Morgan fingerprint density at radius 2 is 1.65 bits per heavy atom. The number of carbonyl (C=O) groups excluding carboxylic acids is 7. The van der Waals surface area contributed by atoms with Crippen LogP contribution in [0.2, 0.25) is 5.02 Å². The Labute approximate surface area is 372 Å². The van der Waals surface area contributed by atoms with Gasteiger partial charge >= 0.3 is 6.18 Å². The molecule has 2 heterocycles. The van der Waals surface area contributed by atoms with Crippen LogP contribution in [0.3, 0.4) is 0 Å². The van der Waals surface area contributed by atoms with Crippen LogP contribution in [-0.4, -0.2) is 131 Å². The van der Waals surface area contributed by atoms with Crippen molar-refractivity contribution in [1.82, 2.24) is 36.0 Å². The predicted molar refractivity (Wildman–Crippen MR) is 228 cm³/mol. The lowest BCUT2D eigenvalue weighted by Gasteiger charge is -2.35. The van der Waals surface area contributed by atoms with Crippen LogP contribution in [0.25, 0.3) is 0 Å². The zero-order valence-corrected chi connectivity index (χ0v) is 37.9. The van der Waals surface area contributed by atoms with E-state index in [1.807, 2.05) is 20.8 Å². The van der Waals surface area contributed by atoms with Gasteiger partial charge in [0.05, 0.1) is 6.54 Å². The van der Waals surface area contributed by atoms with Crippen molar-refractivity contribution in [3.63, 3.8) is 0 Å². The zero-order chi connectivity index (χ0) is 46.8. The first-order chi connectivity index (χ1) is 29.7. The summed E-state index contributed by atoms with van der Waals surface area (Å²) in [6.45, 7) is 8.63. The van der Waals surface area contributed by atoms with Gasteiger partial charge in [0.25, 0.3) is 0 Å². The molecule has 0 unspecified atom stereocenters. The first kappa shape index (κ1) is 51.2. The van der Waals surface area contributed by atoms with Gasteiger partial charge in [-0.05, 0) is 81.9 Å². The Kier molecular flexibility index (Phi) is 18.2. The molecule has 2 saturated heterocycles. The number of hydrogen-bond donors (Lipinski definition) is 4. The Morgan fingerprint density at radius 3 is 2.24 bits per heavy atom. The highest BCUT2D eigenvalue weighted by atomic mass is 35.5. The summed E-state index contributed by atoms with van der Waals surface area (Å²) in [5.74, 6) is -5.47. The maximum atomic E-state index is 14.7. The molecule has 1 aromatic rings. The zero-order valence-electron chi connectivity index (χ0n) is 37.1. The van der Waals surface area contributed by atoms with Crippen LogP contribution in [-0.2, 0) is 40.0 Å². The number of halogens is 5. The lowest BCUT2D eigenvalue weighted by atomic mass is 9.98. The number of rotatable bonds is 14. The van der Waals surface area contributed by atoms with E-state index in [1.165, 1.54) is 9.80 Å². The average Bonchev–Trinajstić information content (AvgIpc) is 3.96. The van der Waals surface area contributed by atoms with E-state index in [9.17, 15) is 51.1 Å². The molecule has 7 amide bonds. The minimum absolute atomic E-state index is 0.0277. The average molecular weight is 914 g/mol. The number of amides is 7. The second kappa shape index (κ2) is 22.4. The fourth-order valence-electron chi connectivity index (χ4n) is 8.46. The van der Waals surface area contributed by atoms with E-state index in [0.29, 0.717) is 47.6 Å². The van der Waals surface area contributed by atoms with Gasteiger partial charge < -0.3 is 36.0 Å². The molecule has 63 heavy (non-hydrogen) atoms. The quantitative estimate of drug-likeness (QED) is 0.197. The summed E-state index contributed by atoms with van der Waals surface area (Å²) in [4.78, 5) is 101. The van der Waals surface area contributed by atoms with Crippen molar-refractivity contribution >= 4 is 53.0 Å². The highest BCUT2D eigenvalue weighted by molar-refractivity contribution is 6.30. The molecule has 4 rings (SSSR count). The van der Waals surface area contributed by atoms with Crippen LogP contribution >= 0.6 is 11.6 Å². The third kappa shape index (κ3) is 13.1. The summed E-state index contributed by atoms with van der Waals surface area (Å²) < 4.78 is 56.3. The first-order valence-corrected chi connectivity index (χ1v) is 22.6. The fraction of sp³-hybridized carbons (Fsp3) is 0.705. The Morgan fingerprint density at radius 1 is 0.968 bits per heavy atom. The van der Waals surface area contributed by atoms with Crippen molar-refractivity contribution in [3.05, 3.63) is 34.9 Å². The van der Waals surface area contributed by atoms with Gasteiger partial charge in [-0.25, -0.2) is 4.39 Å². The molecule has 4 N–H and O–H groups in total. The molecule has 2 aliphatic heterocycles. The maximum Gasteiger partial charge on any atom is 0.403 e. The third-order valence-corrected chi connectivity index (χ3v) is 12.3. The number of carbonyl (C=O) groups is 7. The molecule has 0 bridgehead atoms. The summed E-state index contributed by atoms with van der Waals surface area (Å²) in [5.41, 5.74) is -2.01. The molecule has 0 radical (unpaired) electrons. The van der Waals surface area contributed by atoms with Crippen molar-refractivity contribution in [2.45, 2.75) is 160 Å². The lowest BCUT2D eigenvalue weighted by molar-refractivity contribution is -0.199. The van der Waals surface area contributed by atoms with Crippen molar-refractivity contribution in [1.29, 1.82) is 0 Å². The molecule has 3 aliphatic rings. The van der Waals surface area contributed by atoms with Crippen LogP contribution in [0.15, 0.2) is 24.3 Å².